The van der Waals surface area contributed by atoms with Crippen molar-refractivity contribution in [2.45, 2.75) is 58.9 Å². The van der Waals surface area contributed by atoms with E-state index in [4.69, 9.17) is 5.11 Å². The fraction of sp³-hybridized carbons (Fsp3) is 0.692. The van der Waals surface area contributed by atoms with Gasteiger partial charge in [0.05, 0.1) is 17.8 Å². The van der Waals surface area contributed by atoms with Gasteiger partial charge in [-0.2, -0.15) is 5.10 Å². The molecule has 6 nitrogen and oxygen atoms in total. The third-order valence-electron chi connectivity index (χ3n) is 2.90. The third kappa shape index (κ3) is 4.81. The molecule has 0 aromatic carbocycles. The van der Waals surface area contributed by atoms with Gasteiger partial charge >= 0.3 is 5.97 Å². The number of hydrogen-bond acceptors (Lipinski definition) is 5. The van der Waals surface area contributed by atoms with Gasteiger partial charge in [-0.1, -0.05) is 27.2 Å². The summed E-state index contributed by atoms with van der Waals surface area (Å²) in [6.07, 6.45) is 3.34. The van der Waals surface area contributed by atoms with E-state index < -0.39 is 5.97 Å². The Kier molecular flexibility index (Phi) is 6.18. The predicted octanol–water partition coefficient (Wildman–Crippen LogP) is 2.05. The van der Waals surface area contributed by atoms with E-state index in [1.165, 1.54) is 0 Å². The summed E-state index contributed by atoms with van der Waals surface area (Å²) < 4.78 is 0. The molecule has 0 fully saturated rings. The van der Waals surface area contributed by atoms with Gasteiger partial charge < -0.3 is 10.4 Å². The van der Waals surface area contributed by atoms with Crippen molar-refractivity contribution in [1.82, 2.24) is 15.2 Å². The average molecular weight is 266 g/mol. The zero-order valence-electron chi connectivity index (χ0n) is 11.8. The van der Waals surface area contributed by atoms with Crippen LogP contribution in [-0.2, 0) is 17.6 Å². The number of carboxylic acids is 1. The lowest BCUT2D eigenvalue weighted by molar-refractivity contribution is -0.137. The summed E-state index contributed by atoms with van der Waals surface area (Å²) in [4.78, 5) is 15.2. The maximum absolute atomic E-state index is 10.8. The molecule has 0 radical (unpaired) electrons. The molecule has 1 atom stereocenters. The van der Waals surface area contributed by atoms with Crippen LogP contribution in [0.1, 0.15) is 51.4 Å². The molecule has 0 aliphatic rings. The Labute approximate surface area is 113 Å². The molecule has 0 amide bonds. The van der Waals surface area contributed by atoms with Gasteiger partial charge in [-0.05, 0) is 19.3 Å². The maximum atomic E-state index is 10.8. The predicted molar refractivity (Wildman–Crippen MR) is 73.2 cm³/mol. The Morgan fingerprint density at radius 3 is 2.42 bits per heavy atom. The van der Waals surface area contributed by atoms with Gasteiger partial charge in [-0.25, -0.2) is 4.98 Å². The van der Waals surface area contributed by atoms with Crippen molar-refractivity contribution in [2.75, 3.05) is 5.32 Å². The molecule has 106 valence electrons. The molecule has 19 heavy (non-hydrogen) atoms. The first kappa shape index (κ1) is 15.3. The topological polar surface area (TPSA) is 88.0 Å². The molecule has 0 spiro atoms. The van der Waals surface area contributed by atoms with Crippen molar-refractivity contribution in [3.05, 3.63) is 11.4 Å². The van der Waals surface area contributed by atoms with Crippen LogP contribution in [0.3, 0.4) is 0 Å². The molecule has 2 N–H and O–H groups in total. The van der Waals surface area contributed by atoms with Crippen LogP contribution in [0.25, 0.3) is 0 Å². The molecule has 1 unspecified atom stereocenters. The van der Waals surface area contributed by atoms with Gasteiger partial charge in [-0.15, -0.1) is 5.10 Å². The van der Waals surface area contributed by atoms with Crippen molar-refractivity contribution in [1.29, 1.82) is 0 Å². The Bertz CT molecular complexity index is 423. The number of carbonyl (C=O) groups is 1. The van der Waals surface area contributed by atoms with Crippen molar-refractivity contribution in [3.63, 3.8) is 0 Å². The van der Waals surface area contributed by atoms with Crippen LogP contribution in [0, 0.1) is 0 Å². The lowest BCUT2D eigenvalue weighted by atomic mass is 10.1. The normalized spacial score (nSPS) is 12.2. The molecule has 1 aromatic rings. The van der Waals surface area contributed by atoms with E-state index in [1.54, 1.807) is 0 Å². The van der Waals surface area contributed by atoms with E-state index in [-0.39, 0.29) is 12.5 Å². The first-order chi connectivity index (χ1) is 9.10. The van der Waals surface area contributed by atoms with E-state index in [2.05, 4.69) is 20.5 Å². The average Bonchev–Trinajstić information content (AvgIpc) is 2.38. The molecule has 0 saturated carbocycles. The largest absolute Gasteiger partial charge is 0.481 e. The minimum atomic E-state index is -0.820. The van der Waals surface area contributed by atoms with Gasteiger partial charge in [0, 0.05) is 6.04 Å². The van der Waals surface area contributed by atoms with Gasteiger partial charge in [0.15, 0.2) is 0 Å². The van der Waals surface area contributed by atoms with E-state index in [0.717, 1.165) is 37.1 Å². The highest BCUT2D eigenvalue weighted by Gasteiger charge is 2.14. The summed E-state index contributed by atoms with van der Waals surface area (Å²) in [5.41, 5.74) is 1.82. The van der Waals surface area contributed by atoms with Gasteiger partial charge in [-0.3, -0.25) is 4.79 Å². The molecule has 0 aliphatic carbocycles. The highest BCUT2D eigenvalue weighted by atomic mass is 16.4. The Morgan fingerprint density at radius 1 is 1.21 bits per heavy atom. The molecule has 1 aromatic heterocycles. The molecular formula is C13H22N4O2. The van der Waals surface area contributed by atoms with Crippen LogP contribution in [-0.4, -0.2) is 32.3 Å². The quantitative estimate of drug-likeness (QED) is 0.748. The second kappa shape index (κ2) is 7.66. The van der Waals surface area contributed by atoms with Crippen LogP contribution in [0.4, 0.5) is 5.95 Å². The Hall–Kier alpha value is -1.72. The molecule has 0 bridgehead atoms. The first-order valence-corrected chi connectivity index (χ1v) is 6.81. The highest BCUT2D eigenvalue weighted by molar-refractivity contribution is 5.68. The third-order valence-corrected chi connectivity index (χ3v) is 2.90. The highest BCUT2D eigenvalue weighted by Crippen LogP contribution is 2.11. The molecule has 1 heterocycles. The molecule has 6 heteroatoms. The van der Waals surface area contributed by atoms with Crippen LogP contribution in [0.5, 0.6) is 0 Å². The number of aryl methyl sites for hydroxylation is 2. The van der Waals surface area contributed by atoms with Crippen molar-refractivity contribution in [2.24, 2.45) is 0 Å². The number of hydrogen-bond donors (Lipinski definition) is 2. The van der Waals surface area contributed by atoms with Gasteiger partial charge in [0.1, 0.15) is 0 Å². The summed E-state index contributed by atoms with van der Waals surface area (Å²) in [6, 6.07) is -0.151. The number of aromatic nitrogens is 3. The second-order valence-electron chi connectivity index (χ2n) is 4.46. The zero-order valence-corrected chi connectivity index (χ0v) is 11.8. The van der Waals surface area contributed by atoms with Crippen LogP contribution in [0.15, 0.2) is 0 Å². The van der Waals surface area contributed by atoms with Crippen LogP contribution in [0.2, 0.25) is 0 Å². The number of nitrogens with one attached hydrogen (secondary N) is 1. The summed E-state index contributed by atoms with van der Waals surface area (Å²) >= 11 is 0. The molecule has 0 aliphatic heterocycles. The molecule has 0 saturated heterocycles. The van der Waals surface area contributed by atoms with Crippen LogP contribution < -0.4 is 5.32 Å². The molecule has 1 rings (SSSR count). The summed E-state index contributed by atoms with van der Waals surface area (Å²) in [7, 11) is 0. The van der Waals surface area contributed by atoms with E-state index in [0.29, 0.717) is 5.95 Å². The SMILES string of the molecule is CCCC(CC(=O)O)Nc1nnc(CC)c(CC)n1. The Morgan fingerprint density at radius 2 is 1.89 bits per heavy atom. The maximum Gasteiger partial charge on any atom is 0.305 e. The number of rotatable bonds is 8. The van der Waals surface area contributed by atoms with Crippen LogP contribution >= 0.6 is 0 Å². The smallest absolute Gasteiger partial charge is 0.305 e. The summed E-state index contributed by atoms with van der Waals surface area (Å²) in [5, 5.41) is 20.1. The van der Waals surface area contributed by atoms with Gasteiger partial charge in [0.25, 0.3) is 0 Å². The number of nitrogens with zero attached hydrogens (tertiary/aromatic N) is 3. The van der Waals surface area contributed by atoms with E-state index >= 15 is 0 Å². The minimum Gasteiger partial charge on any atom is -0.481 e. The Balaban J connectivity index is 2.80. The summed E-state index contributed by atoms with van der Waals surface area (Å²) in [5.74, 6) is -0.395. The zero-order chi connectivity index (χ0) is 14.3. The van der Waals surface area contributed by atoms with E-state index in [1.807, 2.05) is 20.8 Å². The van der Waals surface area contributed by atoms with Gasteiger partial charge in [0.2, 0.25) is 5.95 Å². The monoisotopic (exact) mass is 266 g/mol. The lowest BCUT2D eigenvalue weighted by Crippen LogP contribution is -2.25. The fourth-order valence-corrected chi connectivity index (χ4v) is 1.97. The molecular weight excluding hydrogens is 244 g/mol. The van der Waals surface area contributed by atoms with Crippen molar-refractivity contribution >= 4 is 11.9 Å². The first-order valence-electron chi connectivity index (χ1n) is 6.81. The lowest BCUT2D eigenvalue weighted by Gasteiger charge is -2.16. The number of carboxylic acid groups (broad SMARTS) is 1. The standard InChI is InChI=1S/C13H22N4O2/c1-4-7-9(8-12(18)19)14-13-15-10(5-2)11(6-3)16-17-13/h9H,4-8H2,1-3H3,(H,18,19)(H,14,15,17). The fourth-order valence-electron chi connectivity index (χ4n) is 1.97. The second-order valence-corrected chi connectivity index (χ2v) is 4.46. The van der Waals surface area contributed by atoms with Crippen molar-refractivity contribution < 1.29 is 9.90 Å². The summed E-state index contributed by atoms with van der Waals surface area (Å²) in [6.45, 7) is 6.06. The number of aliphatic carboxylic acids is 1. The van der Waals surface area contributed by atoms with Crippen molar-refractivity contribution in [3.8, 4) is 0 Å². The van der Waals surface area contributed by atoms with E-state index in [9.17, 15) is 4.79 Å². The number of anilines is 1. The minimum absolute atomic E-state index is 0.0637.